The Balaban J connectivity index is 0.00000256. The monoisotopic (exact) mass is 434 g/mol. The summed E-state index contributed by atoms with van der Waals surface area (Å²) in [6, 6.07) is 10.7. The van der Waals surface area contributed by atoms with Gasteiger partial charge in [-0.05, 0) is 63.1 Å². The Kier molecular flexibility index (Phi) is 8.54. The van der Waals surface area contributed by atoms with E-state index in [4.69, 9.17) is 0 Å². The van der Waals surface area contributed by atoms with Crippen LogP contribution in [0.15, 0.2) is 30.3 Å². The zero-order chi connectivity index (χ0) is 20.1. The second-order valence-corrected chi connectivity index (χ2v) is 8.88. The Bertz CT molecular complexity index is 692. The lowest BCUT2D eigenvalue weighted by Gasteiger charge is -2.34. The fourth-order valence-corrected chi connectivity index (χ4v) is 4.61. The highest BCUT2D eigenvalue weighted by atomic mass is 35.5. The molecule has 2 unspecified atom stereocenters. The SMILES string of the molecule is Cl.O=C(NCC1CCCN(CC(=O)N(Cc2ccccc2)C2CC2)C1)C1CCCN1. The first-order valence-electron chi connectivity index (χ1n) is 11.3. The van der Waals surface area contributed by atoms with E-state index < -0.39 is 0 Å². The molecular formula is C23H35ClN4O2. The molecule has 30 heavy (non-hydrogen) atoms. The molecule has 2 N–H and O–H groups in total. The van der Waals surface area contributed by atoms with Crippen LogP contribution in [-0.4, -0.2) is 66.4 Å². The van der Waals surface area contributed by atoms with Crippen LogP contribution in [0.2, 0.25) is 0 Å². The van der Waals surface area contributed by atoms with Gasteiger partial charge in [-0.1, -0.05) is 30.3 Å². The summed E-state index contributed by atoms with van der Waals surface area (Å²) in [7, 11) is 0. The molecule has 1 aromatic carbocycles. The summed E-state index contributed by atoms with van der Waals surface area (Å²) in [5.41, 5.74) is 1.20. The Hall–Kier alpha value is -1.63. The van der Waals surface area contributed by atoms with Crippen LogP contribution >= 0.6 is 12.4 Å². The number of piperidine rings is 1. The molecule has 166 valence electrons. The van der Waals surface area contributed by atoms with Crippen LogP contribution in [0.4, 0.5) is 0 Å². The summed E-state index contributed by atoms with van der Waals surface area (Å²) in [5.74, 6) is 0.820. The fourth-order valence-electron chi connectivity index (χ4n) is 4.61. The fraction of sp³-hybridized carbons (Fsp3) is 0.652. The van der Waals surface area contributed by atoms with Crippen LogP contribution < -0.4 is 10.6 Å². The molecule has 3 aliphatic rings. The van der Waals surface area contributed by atoms with Crippen LogP contribution in [0.3, 0.4) is 0 Å². The Morgan fingerprint density at radius 2 is 1.90 bits per heavy atom. The summed E-state index contributed by atoms with van der Waals surface area (Å²) in [6.45, 7) is 4.75. The number of amides is 2. The molecule has 7 heteroatoms. The van der Waals surface area contributed by atoms with E-state index in [9.17, 15) is 9.59 Å². The molecule has 0 bridgehead atoms. The molecule has 2 saturated heterocycles. The maximum atomic E-state index is 13.1. The first kappa shape index (κ1) is 23.0. The molecule has 2 atom stereocenters. The summed E-state index contributed by atoms with van der Waals surface area (Å²) in [6.07, 6.45) is 6.50. The van der Waals surface area contributed by atoms with Crippen LogP contribution in [0.5, 0.6) is 0 Å². The van der Waals surface area contributed by atoms with E-state index >= 15 is 0 Å². The van der Waals surface area contributed by atoms with Crippen molar-refractivity contribution in [1.82, 2.24) is 20.4 Å². The van der Waals surface area contributed by atoms with Crippen LogP contribution in [-0.2, 0) is 16.1 Å². The minimum atomic E-state index is -0.0126. The molecule has 0 radical (unpaired) electrons. The van der Waals surface area contributed by atoms with Gasteiger partial charge in [0.25, 0.3) is 0 Å². The molecule has 6 nitrogen and oxygen atoms in total. The number of hydrogen-bond acceptors (Lipinski definition) is 4. The van der Waals surface area contributed by atoms with Gasteiger partial charge in [-0.3, -0.25) is 14.5 Å². The van der Waals surface area contributed by atoms with E-state index in [1.165, 1.54) is 5.56 Å². The molecule has 2 heterocycles. The molecule has 1 aliphatic carbocycles. The summed E-state index contributed by atoms with van der Waals surface area (Å²) < 4.78 is 0. The zero-order valence-corrected chi connectivity index (χ0v) is 18.5. The number of rotatable bonds is 8. The van der Waals surface area contributed by atoms with Gasteiger partial charge >= 0.3 is 0 Å². The van der Waals surface area contributed by atoms with Crippen molar-refractivity contribution in [2.24, 2.45) is 5.92 Å². The molecule has 3 fully saturated rings. The minimum absolute atomic E-state index is 0. The zero-order valence-electron chi connectivity index (χ0n) is 17.7. The van der Waals surface area contributed by atoms with E-state index in [-0.39, 0.29) is 30.3 Å². The summed E-state index contributed by atoms with van der Waals surface area (Å²) in [4.78, 5) is 29.7. The number of nitrogens with one attached hydrogen (secondary N) is 2. The largest absolute Gasteiger partial charge is 0.354 e. The van der Waals surface area contributed by atoms with Gasteiger partial charge in [0.05, 0.1) is 12.6 Å². The van der Waals surface area contributed by atoms with Crippen molar-refractivity contribution in [2.45, 2.75) is 57.2 Å². The highest BCUT2D eigenvalue weighted by molar-refractivity contribution is 5.85. The normalized spacial score (nSPS) is 24.1. The number of hydrogen-bond donors (Lipinski definition) is 2. The molecule has 2 aliphatic heterocycles. The maximum Gasteiger partial charge on any atom is 0.237 e. The maximum absolute atomic E-state index is 13.1. The van der Waals surface area contributed by atoms with Crippen molar-refractivity contribution in [3.8, 4) is 0 Å². The number of halogens is 1. The Morgan fingerprint density at radius 1 is 1.10 bits per heavy atom. The van der Waals surface area contributed by atoms with E-state index in [1.54, 1.807) is 0 Å². The second-order valence-electron chi connectivity index (χ2n) is 8.88. The van der Waals surface area contributed by atoms with Gasteiger partial charge in [0, 0.05) is 25.7 Å². The van der Waals surface area contributed by atoms with Gasteiger partial charge in [-0.2, -0.15) is 0 Å². The van der Waals surface area contributed by atoms with Gasteiger partial charge in [0.1, 0.15) is 0 Å². The molecule has 1 aromatic rings. The first-order chi connectivity index (χ1) is 14.2. The number of carbonyl (C=O) groups is 2. The lowest BCUT2D eigenvalue weighted by molar-refractivity contribution is -0.134. The van der Waals surface area contributed by atoms with Gasteiger partial charge in [0.15, 0.2) is 0 Å². The van der Waals surface area contributed by atoms with Crippen molar-refractivity contribution in [2.75, 3.05) is 32.7 Å². The topological polar surface area (TPSA) is 64.7 Å². The van der Waals surface area contributed by atoms with E-state index in [1.807, 2.05) is 18.2 Å². The highest BCUT2D eigenvalue weighted by Gasteiger charge is 2.34. The molecule has 2 amide bonds. The Labute approximate surface area is 186 Å². The lowest BCUT2D eigenvalue weighted by Crippen LogP contribution is -2.48. The van der Waals surface area contributed by atoms with Gasteiger partial charge in [-0.15, -0.1) is 12.4 Å². The minimum Gasteiger partial charge on any atom is -0.354 e. The second kappa shape index (κ2) is 11.1. The lowest BCUT2D eigenvalue weighted by atomic mass is 9.97. The van der Waals surface area contributed by atoms with Crippen molar-refractivity contribution in [1.29, 1.82) is 0 Å². The number of likely N-dealkylation sites (tertiary alicyclic amines) is 1. The molecule has 0 aromatic heterocycles. The summed E-state index contributed by atoms with van der Waals surface area (Å²) in [5, 5.41) is 6.38. The average Bonchev–Trinajstić information content (AvgIpc) is 3.43. The molecule has 4 rings (SSSR count). The highest BCUT2D eigenvalue weighted by Crippen LogP contribution is 2.29. The third-order valence-electron chi connectivity index (χ3n) is 6.41. The predicted octanol–water partition coefficient (Wildman–Crippen LogP) is 2.18. The summed E-state index contributed by atoms with van der Waals surface area (Å²) >= 11 is 0. The van der Waals surface area contributed by atoms with Crippen LogP contribution in [0.25, 0.3) is 0 Å². The van der Waals surface area contributed by atoms with E-state index in [0.29, 0.717) is 25.0 Å². The molecule has 1 saturated carbocycles. The first-order valence-corrected chi connectivity index (χ1v) is 11.3. The number of nitrogens with zero attached hydrogens (tertiary/aromatic N) is 2. The number of carbonyl (C=O) groups excluding carboxylic acids is 2. The van der Waals surface area contributed by atoms with Crippen molar-refractivity contribution in [3.63, 3.8) is 0 Å². The van der Waals surface area contributed by atoms with E-state index in [2.05, 4.69) is 32.6 Å². The smallest absolute Gasteiger partial charge is 0.237 e. The van der Waals surface area contributed by atoms with Gasteiger partial charge in [-0.25, -0.2) is 0 Å². The quantitative estimate of drug-likeness (QED) is 0.658. The average molecular weight is 435 g/mol. The van der Waals surface area contributed by atoms with E-state index in [0.717, 1.165) is 64.7 Å². The predicted molar refractivity (Wildman–Crippen MR) is 120 cm³/mol. The standard InChI is InChI=1S/C23H34N4O2.ClH/c28-22(27(20-10-11-20)16-18-6-2-1-3-7-18)17-26-13-5-8-19(15-26)14-25-23(29)21-9-4-12-24-21;/h1-3,6-7,19-21,24H,4-5,8-17H2,(H,25,29);1H. The van der Waals surface area contributed by atoms with Crippen LogP contribution in [0, 0.1) is 5.92 Å². The third kappa shape index (κ3) is 6.43. The van der Waals surface area contributed by atoms with Crippen LogP contribution in [0.1, 0.15) is 44.1 Å². The van der Waals surface area contributed by atoms with Crippen molar-refractivity contribution < 1.29 is 9.59 Å². The van der Waals surface area contributed by atoms with Crippen molar-refractivity contribution in [3.05, 3.63) is 35.9 Å². The van der Waals surface area contributed by atoms with Gasteiger partial charge < -0.3 is 15.5 Å². The third-order valence-corrected chi connectivity index (χ3v) is 6.41. The van der Waals surface area contributed by atoms with Gasteiger partial charge in [0.2, 0.25) is 11.8 Å². The number of benzene rings is 1. The molecule has 0 spiro atoms. The Morgan fingerprint density at radius 3 is 2.60 bits per heavy atom. The molecular weight excluding hydrogens is 400 g/mol. The van der Waals surface area contributed by atoms with Crippen molar-refractivity contribution >= 4 is 24.2 Å².